The van der Waals surface area contributed by atoms with E-state index in [0.29, 0.717) is 29.6 Å². The summed E-state index contributed by atoms with van der Waals surface area (Å²) < 4.78 is 6.40. The highest BCUT2D eigenvalue weighted by Gasteiger charge is 2.63. The molecule has 4 aliphatic rings. The second kappa shape index (κ2) is 12.6. The molecule has 218 valence electrons. The molecule has 3 saturated carbocycles. The average molecular weight is 530 g/mol. The van der Waals surface area contributed by atoms with Crippen LogP contribution in [0.1, 0.15) is 131 Å². The molecule has 1 amide bonds. The predicted molar refractivity (Wildman–Crippen MR) is 157 cm³/mol. The Labute approximate surface area is 234 Å². The van der Waals surface area contributed by atoms with Crippen LogP contribution in [0.25, 0.3) is 0 Å². The third kappa shape index (κ3) is 6.16. The Bertz CT molecular complexity index is 823. The molecule has 4 aliphatic carbocycles. The SMILES string of the molecule is CCCCCCNC(=O)OC1C[C@H]([C@H](C)CCCC(C)C)[C@@]2(C)CC[C@H]3[C@@H](CC=C4C[C@@H](O)CC[C@@]43C)[C@H]12. The van der Waals surface area contributed by atoms with E-state index in [4.69, 9.17) is 4.74 Å². The maximum Gasteiger partial charge on any atom is 0.407 e. The number of amides is 1. The van der Waals surface area contributed by atoms with E-state index in [2.05, 4.69) is 52.9 Å². The molecule has 0 saturated heterocycles. The van der Waals surface area contributed by atoms with E-state index in [1.165, 1.54) is 56.9 Å². The number of carbonyl (C=O) groups is 1. The maximum absolute atomic E-state index is 13.0. The van der Waals surface area contributed by atoms with Crippen molar-refractivity contribution in [1.29, 1.82) is 0 Å². The number of fused-ring (bicyclic) bond motifs is 5. The second-order valence-electron chi connectivity index (χ2n) is 14.7. The van der Waals surface area contributed by atoms with Gasteiger partial charge >= 0.3 is 6.09 Å². The molecule has 4 rings (SSSR count). The third-order valence-corrected chi connectivity index (χ3v) is 11.8. The molecule has 3 fully saturated rings. The number of hydrogen-bond acceptors (Lipinski definition) is 3. The fraction of sp³-hybridized carbons (Fsp3) is 0.912. The predicted octanol–water partition coefficient (Wildman–Crippen LogP) is 8.67. The molecule has 0 bridgehead atoms. The van der Waals surface area contributed by atoms with Crippen LogP contribution < -0.4 is 5.32 Å². The lowest BCUT2D eigenvalue weighted by Crippen LogP contribution is -2.53. The van der Waals surface area contributed by atoms with E-state index in [0.717, 1.165) is 51.0 Å². The quantitative estimate of drug-likeness (QED) is 0.208. The Morgan fingerprint density at radius 3 is 2.63 bits per heavy atom. The average Bonchev–Trinajstić information content (AvgIpc) is 3.16. The number of aliphatic hydroxyl groups excluding tert-OH is 1. The number of allylic oxidation sites excluding steroid dienone is 1. The van der Waals surface area contributed by atoms with Gasteiger partial charge in [0.25, 0.3) is 0 Å². The highest BCUT2D eigenvalue weighted by molar-refractivity contribution is 5.67. The van der Waals surface area contributed by atoms with Crippen LogP contribution in [-0.4, -0.2) is 30.0 Å². The largest absolute Gasteiger partial charge is 0.446 e. The van der Waals surface area contributed by atoms with Gasteiger partial charge in [-0.15, -0.1) is 0 Å². The first-order valence-electron chi connectivity index (χ1n) is 16.4. The zero-order valence-corrected chi connectivity index (χ0v) is 25.6. The van der Waals surface area contributed by atoms with Gasteiger partial charge in [0.15, 0.2) is 0 Å². The van der Waals surface area contributed by atoms with E-state index < -0.39 is 0 Å². The van der Waals surface area contributed by atoms with Gasteiger partial charge < -0.3 is 15.2 Å². The summed E-state index contributed by atoms with van der Waals surface area (Å²) in [6.45, 7) is 15.1. The normalized spacial score (nSPS) is 39.1. The van der Waals surface area contributed by atoms with Crippen molar-refractivity contribution in [1.82, 2.24) is 5.32 Å². The molecule has 0 aromatic rings. The standard InChI is InChI=1S/C34H59NO3/c1-7-8-9-10-20-35-32(37)38-30-22-29(24(4)13-11-12-23(2)3)34(6)19-17-28-27(31(30)34)15-14-25-21-26(36)16-18-33(25,28)5/h14,23-24,26-31,36H,7-13,15-22H2,1-6H3,(H,35,37)/t24-,26+,27-,28+,29-,30?,31-,33+,34-/m1/s1. The number of alkyl carbamates (subject to hydrolysis) is 1. The lowest BCUT2D eigenvalue weighted by atomic mass is 9.46. The molecule has 0 aromatic heterocycles. The van der Waals surface area contributed by atoms with Gasteiger partial charge in [-0.3, -0.25) is 0 Å². The zero-order valence-electron chi connectivity index (χ0n) is 25.6. The topological polar surface area (TPSA) is 58.6 Å². The molecule has 0 aromatic carbocycles. The Morgan fingerprint density at radius 1 is 1.11 bits per heavy atom. The lowest BCUT2D eigenvalue weighted by molar-refractivity contribution is -0.0832. The summed E-state index contributed by atoms with van der Waals surface area (Å²) in [6, 6.07) is 0. The fourth-order valence-corrected chi connectivity index (χ4v) is 9.70. The summed E-state index contributed by atoms with van der Waals surface area (Å²) >= 11 is 0. The molecule has 0 spiro atoms. The highest BCUT2D eigenvalue weighted by Crippen LogP contribution is 2.67. The van der Waals surface area contributed by atoms with Crippen LogP contribution in [0, 0.1) is 46.3 Å². The van der Waals surface area contributed by atoms with Crippen molar-refractivity contribution in [2.75, 3.05) is 6.54 Å². The Hall–Kier alpha value is -1.03. The van der Waals surface area contributed by atoms with Crippen LogP contribution in [0.15, 0.2) is 11.6 Å². The van der Waals surface area contributed by atoms with E-state index >= 15 is 0 Å². The van der Waals surface area contributed by atoms with Crippen LogP contribution in [0.4, 0.5) is 4.79 Å². The van der Waals surface area contributed by atoms with Crippen molar-refractivity contribution in [3.05, 3.63) is 11.6 Å². The molecule has 4 nitrogen and oxygen atoms in total. The summed E-state index contributed by atoms with van der Waals surface area (Å²) in [7, 11) is 0. The molecule has 0 aliphatic heterocycles. The molecule has 9 atom stereocenters. The molecule has 0 heterocycles. The Morgan fingerprint density at radius 2 is 1.89 bits per heavy atom. The van der Waals surface area contributed by atoms with Crippen LogP contribution in [0.3, 0.4) is 0 Å². The first-order valence-corrected chi connectivity index (χ1v) is 16.4. The minimum Gasteiger partial charge on any atom is -0.446 e. The summed E-state index contributed by atoms with van der Waals surface area (Å²) in [4.78, 5) is 13.0. The number of ether oxygens (including phenoxy) is 1. The van der Waals surface area contributed by atoms with Crippen molar-refractivity contribution in [3.63, 3.8) is 0 Å². The second-order valence-corrected chi connectivity index (χ2v) is 14.7. The van der Waals surface area contributed by atoms with Crippen molar-refractivity contribution in [3.8, 4) is 0 Å². The summed E-state index contributed by atoms with van der Waals surface area (Å²) in [5, 5.41) is 13.5. The van der Waals surface area contributed by atoms with Crippen molar-refractivity contribution < 1.29 is 14.6 Å². The van der Waals surface area contributed by atoms with Crippen molar-refractivity contribution >= 4 is 6.09 Å². The number of rotatable bonds is 11. The minimum absolute atomic E-state index is 0.0220. The zero-order chi connectivity index (χ0) is 27.5. The number of hydrogen-bond donors (Lipinski definition) is 2. The smallest absolute Gasteiger partial charge is 0.407 e. The molecule has 38 heavy (non-hydrogen) atoms. The van der Waals surface area contributed by atoms with Crippen LogP contribution in [-0.2, 0) is 4.74 Å². The lowest BCUT2D eigenvalue weighted by Gasteiger charge is -2.58. The summed E-state index contributed by atoms with van der Waals surface area (Å²) in [6.07, 6.45) is 18.2. The van der Waals surface area contributed by atoms with Gasteiger partial charge in [0.2, 0.25) is 0 Å². The molecule has 4 heteroatoms. The number of nitrogens with one attached hydrogen (secondary N) is 1. The van der Waals surface area contributed by atoms with E-state index in [9.17, 15) is 9.90 Å². The molecule has 1 unspecified atom stereocenters. The van der Waals surface area contributed by atoms with Crippen molar-refractivity contribution in [2.24, 2.45) is 46.3 Å². The van der Waals surface area contributed by atoms with Gasteiger partial charge in [-0.2, -0.15) is 0 Å². The van der Waals surface area contributed by atoms with Gasteiger partial charge in [0.05, 0.1) is 6.10 Å². The van der Waals surface area contributed by atoms with Gasteiger partial charge in [0, 0.05) is 12.5 Å². The molecule has 0 radical (unpaired) electrons. The van der Waals surface area contributed by atoms with Crippen molar-refractivity contribution in [2.45, 2.75) is 144 Å². The number of unbranched alkanes of at least 4 members (excludes halogenated alkanes) is 3. The highest BCUT2D eigenvalue weighted by atomic mass is 16.6. The fourth-order valence-electron chi connectivity index (χ4n) is 9.70. The van der Waals surface area contributed by atoms with Gasteiger partial charge in [-0.1, -0.05) is 91.7 Å². The van der Waals surface area contributed by atoms with Crippen LogP contribution >= 0.6 is 0 Å². The maximum atomic E-state index is 13.0. The van der Waals surface area contributed by atoms with Gasteiger partial charge in [0.1, 0.15) is 6.10 Å². The van der Waals surface area contributed by atoms with Gasteiger partial charge in [-0.05, 0) is 91.8 Å². The van der Waals surface area contributed by atoms with E-state index in [1.54, 1.807) is 0 Å². The monoisotopic (exact) mass is 529 g/mol. The van der Waals surface area contributed by atoms with Crippen LogP contribution in [0.2, 0.25) is 0 Å². The Balaban J connectivity index is 1.53. The van der Waals surface area contributed by atoms with Crippen LogP contribution in [0.5, 0.6) is 0 Å². The number of carbonyl (C=O) groups excluding carboxylic acids is 1. The summed E-state index contributed by atoms with van der Waals surface area (Å²) in [5.41, 5.74) is 1.96. The summed E-state index contributed by atoms with van der Waals surface area (Å²) in [5.74, 6) is 3.71. The van der Waals surface area contributed by atoms with E-state index in [1.807, 2.05) is 0 Å². The third-order valence-electron chi connectivity index (χ3n) is 11.8. The van der Waals surface area contributed by atoms with E-state index in [-0.39, 0.29) is 29.1 Å². The molecule has 2 N–H and O–H groups in total. The number of aliphatic hydroxyl groups is 1. The first-order chi connectivity index (χ1) is 18.1. The Kier molecular flexibility index (Phi) is 9.97. The molecular weight excluding hydrogens is 470 g/mol. The minimum atomic E-state index is -0.192. The first kappa shape index (κ1) is 29.9. The molecular formula is C34H59NO3. The van der Waals surface area contributed by atoms with Gasteiger partial charge in [-0.25, -0.2) is 4.79 Å².